The summed E-state index contributed by atoms with van der Waals surface area (Å²) in [5, 5.41) is 9.21. The van der Waals surface area contributed by atoms with Crippen molar-refractivity contribution in [2.45, 2.75) is 12.3 Å². The molecule has 142 valence electrons. The first kappa shape index (κ1) is 18.6. The Labute approximate surface area is 157 Å². The second-order valence-electron chi connectivity index (χ2n) is 6.21. The molecule has 7 nitrogen and oxygen atoms in total. The highest BCUT2D eigenvalue weighted by atomic mass is 16.5. The van der Waals surface area contributed by atoms with E-state index < -0.39 is 5.97 Å². The molecule has 2 aromatic carbocycles. The van der Waals surface area contributed by atoms with E-state index in [1.165, 1.54) is 13.2 Å². The van der Waals surface area contributed by atoms with Crippen molar-refractivity contribution in [3.05, 3.63) is 47.5 Å². The number of hydrogen-bond acceptors (Lipinski definition) is 5. The van der Waals surface area contributed by atoms with Crippen molar-refractivity contribution in [2.75, 3.05) is 32.8 Å². The second kappa shape index (κ2) is 7.57. The van der Waals surface area contributed by atoms with Gasteiger partial charge in [0.25, 0.3) is 0 Å². The van der Waals surface area contributed by atoms with E-state index in [0.29, 0.717) is 24.5 Å². The van der Waals surface area contributed by atoms with Crippen LogP contribution in [-0.4, -0.2) is 44.9 Å². The smallest absolute Gasteiger partial charge is 0.339 e. The number of aromatic carboxylic acids is 1. The molecule has 0 aliphatic carbocycles. The third kappa shape index (κ3) is 3.53. The minimum absolute atomic E-state index is 0.00602. The normalized spacial score (nSPS) is 16.3. The van der Waals surface area contributed by atoms with Gasteiger partial charge >= 0.3 is 5.97 Å². The molecule has 1 heterocycles. The zero-order valence-corrected chi connectivity index (χ0v) is 15.4. The molecule has 1 N–H and O–H groups in total. The molecule has 0 aromatic heterocycles. The number of anilines is 1. The van der Waals surface area contributed by atoms with E-state index in [1.54, 1.807) is 43.4 Å². The van der Waals surface area contributed by atoms with Crippen LogP contribution >= 0.6 is 0 Å². The zero-order chi connectivity index (χ0) is 19.6. The van der Waals surface area contributed by atoms with Gasteiger partial charge in [0.1, 0.15) is 11.3 Å². The van der Waals surface area contributed by atoms with E-state index in [4.69, 9.17) is 14.2 Å². The van der Waals surface area contributed by atoms with Crippen LogP contribution in [0.15, 0.2) is 36.4 Å². The summed E-state index contributed by atoms with van der Waals surface area (Å²) in [6.07, 6.45) is 0.337. The monoisotopic (exact) mass is 371 g/mol. The first-order valence-electron chi connectivity index (χ1n) is 8.42. The molecule has 1 atom stereocenters. The summed E-state index contributed by atoms with van der Waals surface area (Å²) in [6, 6.07) is 10.3. The molecule has 0 saturated carbocycles. The second-order valence-corrected chi connectivity index (χ2v) is 6.21. The maximum Gasteiger partial charge on any atom is 0.339 e. The van der Waals surface area contributed by atoms with Crippen molar-refractivity contribution in [1.29, 1.82) is 0 Å². The summed E-state index contributed by atoms with van der Waals surface area (Å²) in [6.45, 7) is 0.490. The number of methoxy groups -OCH3 is 3. The van der Waals surface area contributed by atoms with Gasteiger partial charge in [0, 0.05) is 30.6 Å². The van der Waals surface area contributed by atoms with Crippen molar-refractivity contribution in [2.24, 2.45) is 0 Å². The molecule has 3 rings (SSSR count). The highest BCUT2D eigenvalue weighted by Gasteiger charge is 2.32. The lowest BCUT2D eigenvalue weighted by atomic mass is 9.96. The molecule has 2 aromatic rings. The van der Waals surface area contributed by atoms with Gasteiger partial charge in [-0.25, -0.2) is 4.79 Å². The third-order valence-corrected chi connectivity index (χ3v) is 4.73. The van der Waals surface area contributed by atoms with E-state index in [1.807, 2.05) is 6.07 Å². The highest BCUT2D eigenvalue weighted by Crippen LogP contribution is 2.37. The standard InChI is InChI=1S/C20H21NO6/c1-25-16-7-5-14(10-18(16)27-3)21-11-13(9-19(21)22)12-4-6-15(20(23)24)17(8-12)26-2/h4-8,10,13H,9,11H2,1-3H3,(H,23,24). The number of hydrogen-bond donors (Lipinski definition) is 1. The molecule has 1 unspecified atom stereocenters. The highest BCUT2D eigenvalue weighted by molar-refractivity contribution is 5.97. The predicted octanol–water partition coefficient (Wildman–Crippen LogP) is 2.93. The molecule has 7 heteroatoms. The fourth-order valence-electron chi connectivity index (χ4n) is 3.31. The Hall–Kier alpha value is -3.22. The van der Waals surface area contributed by atoms with Gasteiger partial charge in [-0.05, 0) is 29.8 Å². The molecule has 1 aliphatic heterocycles. The first-order chi connectivity index (χ1) is 13.0. The molecule has 0 spiro atoms. The molecule has 0 bridgehead atoms. The van der Waals surface area contributed by atoms with Gasteiger partial charge in [-0.2, -0.15) is 0 Å². The summed E-state index contributed by atoms with van der Waals surface area (Å²) in [5.74, 6) is 0.331. The van der Waals surface area contributed by atoms with Crippen LogP contribution in [0.25, 0.3) is 0 Å². The van der Waals surface area contributed by atoms with Crippen molar-refractivity contribution < 1.29 is 28.9 Å². The van der Waals surface area contributed by atoms with Crippen molar-refractivity contribution in [3.8, 4) is 17.2 Å². The van der Waals surface area contributed by atoms with Crippen LogP contribution in [0.3, 0.4) is 0 Å². The van der Waals surface area contributed by atoms with Crippen LogP contribution in [0.4, 0.5) is 5.69 Å². The number of rotatable bonds is 6. The molecule has 1 aliphatic rings. The average molecular weight is 371 g/mol. The van der Waals surface area contributed by atoms with Crippen molar-refractivity contribution >= 4 is 17.6 Å². The van der Waals surface area contributed by atoms with Gasteiger partial charge in [-0.3, -0.25) is 4.79 Å². The first-order valence-corrected chi connectivity index (χ1v) is 8.42. The molecular formula is C20H21NO6. The number of carbonyl (C=O) groups excluding carboxylic acids is 1. The van der Waals surface area contributed by atoms with Crippen LogP contribution in [0.1, 0.15) is 28.3 Å². The summed E-state index contributed by atoms with van der Waals surface area (Å²) in [5.41, 5.74) is 1.70. The largest absolute Gasteiger partial charge is 0.496 e. The van der Waals surface area contributed by atoms with Gasteiger partial charge in [-0.1, -0.05) is 6.07 Å². The minimum atomic E-state index is -1.05. The Bertz CT molecular complexity index is 879. The summed E-state index contributed by atoms with van der Waals surface area (Å²) in [4.78, 5) is 25.5. The Morgan fingerprint density at radius 3 is 2.33 bits per heavy atom. The SMILES string of the molecule is COc1ccc(N2CC(c3ccc(C(=O)O)c(OC)c3)CC2=O)cc1OC. The van der Waals surface area contributed by atoms with Crippen LogP contribution in [0.5, 0.6) is 17.2 Å². The summed E-state index contributed by atoms with van der Waals surface area (Å²) < 4.78 is 15.7. The van der Waals surface area contributed by atoms with Gasteiger partial charge in [0.05, 0.1) is 21.3 Å². The zero-order valence-electron chi connectivity index (χ0n) is 15.4. The number of amides is 1. The Balaban J connectivity index is 1.87. The maximum atomic E-state index is 12.6. The third-order valence-electron chi connectivity index (χ3n) is 4.73. The van der Waals surface area contributed by atoms with E-state index in [9.17, 15) is 14.7 Å². The topological polar surface area (TPSA) is 85.3 Å². The molecule has 27 heavy (non-hydrogen) atoms. The van der Waals surface area contributed by atoms with E-state index in [-0.39, 0.29) is 23.1 Å². The molecule has 1 saturated heterocycles. The van der Waals surface area contributed by atoms with Crippen molar-refractivity contribution in [1.82, 2.24) is 0 Å². The number of carbonyl (C=O) groups is 2. The number of ether oxygens (including phenoxy) is 3. The van der Waals surface area contributed by atoms with Gasteiger partial charge in [0.15, 0.2) is 11.5 Å². The van der Waals surface area contributed by atoms with Crippen LogP contribution in [-0.2, 0) is 4.79 Å². The Morgan fingerprint density at radius 1 is 1.00 bits per heavy atom. The number of carboxylic acid groups (broad SMARTS) is 1. The average Bonchev–Trinajstić information content (AvgIpc) is 3.08. The molecule has 0 radical (unpaired) electrons. The minimum Gasteiger partial charge on any atom is -0.496 e. The van der Waals surface area contributed by atoms with Crippen LogP contribution < -0.4 is 19.1 Å². The fraction of sp³-hybridized carbons (Fsp3) is 0.300. The Morgan fingerprint density at radius 2 is 1.70 bits per heavy atom. The number of carboxylic acids is 1. The van der Waals surface area contributed by atoms with Gasteiger partial charge in [0.2, 0.25) is 5.91 Å². The molecular weight excluding hydrogens is 350 g/mol. The fourth-order valence-corrected chi connectivity index (χ4v) is 3.31. The summed E-state index contributed by atoms with van der Waals surface area (Å²) >= 11 is 0. The van der Waals surface area contributed by atoms with E-state index in [2.05, 4.69) is 0 Å². The lowest BCUT2D eigenvalue weighted by Gasteiger charge is -2.19. The Kier molecular flexibility index (Phi) is 5.21. The number of benzene rings is 2. The van der Waals surface area contributed by atoms with Gasteiger partial charge in [-0.15, -0.1) is 0 Å². The summed E-state index contributed by atoms with van der Waals surface area (Å²) in [7, 11) is 4.54. The van der Waals surface area contributed by atoms with E-state index >= 15 is 0 Å². The number of nitrogens with zero attached hydrogens (tertiary/aromatic N) is 1. The van der Waals surface area contributed by atoms with Crippen molar-refractivity contribution in [3.63, 3.8) is 0 Å². The molecule has 1 fully saturated rings. The maximum absolute atomic E-state index is 12.6. The van der Waals surface area contributed by atoms with Gasteiger partial charge < -0.3 is 24.2 Å². The predicted molar refractivity (Wildman–Crippen MR) is 99.2 cm³/mol. The van der Waals surface area contributed by atoms with Crippen LogP contribution in [0, 0.1) is 0 Å². The lowest BCUT2D eigenvalue weighted by Crippen LogP contribution is -2.24. The molecule has 1 amide bonds. The lowest BCUT2D eigenvalue weighted by molar-refractivity contribution is -0.117. The van der Waals surface area contributed by atoms with E-state index in [0.717, 1.165) is 11.3 Å². The van der Waals surface area contributed by atoms with Crippen LogP contribution in [0.2, 0.25) is 0 Å². The quantitative estimate of drug-likeness (QED) is 0.840.